The van der Waals surface area contributed by atoms with E-state index >= 15 is 0 Å². The molecule has 2 aromatic rings. The monoisotopic (exact) mass is 295 g/mol. The quantitative estimate of drug-likeness (QED) is 0.889. The predicted octanol–water partition coefficient (Wildman–Crippen LogP) is 3.16. The van der Waals surface area contributed by atoms with E-state index in [1.165, 1.54) is 11.1 Å². The van der Waals surface area contributed by atoms with Crippen LogP contribution in [0.3, 0.4) is 0 Å². The van der Waals surface area contributed by atoms with Crippen LogP contribution in [0.25, 0.3) is 0 Å². The summed E-state index contributed by atoms with van der Waals surface area (Å²) in [5.74, 6) is 1.52. The van der Waals surface area contributed by atoms with E-state index in [0.29, 0.717) is 12.5 Å². The maximum Gasteiger partial charge on any atom is 0.223 e. The van der Waals surface area contributed by atoms with E-state index in [-0.39, 0.29) is 11.8 Å². The molecule has 1 fully saturated rings. The van der Waals surface area contributed by atoms with Crippen LogP contribution in [0.5, 0.6) is 5.75 Å². The lowest BCUT2D eigenvalue weighted by Gasteiger charge is -2.06. The number of carbonyl (C=O) groups excluding carboxylic acids is 1. The van der Waals surface area contributed by atoms with Crippen molar-refractivity contribution in [1.29, 1.82) is 0 Å². The number of hydrogen-bond donors (Lipinski definition) is 1. The van der Waals surface area contributed by atoms with E-state index in [4.69, 9.17) is 4.74 Å². The van der Waals surface area contributed by atoms with Gasteiger partial charge in [-0.25, -0.2) is 0 Å². The Morgan fingerprint density at radius 1 is 1.14 bits per heavy atom. The van der Waals surface area contributed by atoms with Crippen LogP contribution in [-0.2, 0) is 11.2 Å². The first-order chi connectivity index (χ1) is 10.8. The molecule has 2 unspecified atom stereocenters. The second kappa shape index (κ2) is 6.65. The van der Waals surface area contributed by atoms with Gasteiger partial charge in [0.15, 0.2) is 0 Å². The summed E-state index contributed by atoms with van der Waals surface area (Å²) in [6.07, 6.45) is 1.83. The molecule has 0 aromatic heterocycles. The molecule has 2 atom stereocenters. The van der Waals surface area contributed by atoms with Gasteiger partial charge >= 0.3 is 0 Å². The number of carbonyl (C=O) groups is 1. The summed E-state index contributed by atoms with van der Waals surface area (Å²) >= 11 is 0. The smallest absolute Gasteiger partial charge is 0.223 e. The van der Waals surface area contributed by atoms with Gasteiger partial charge in [-0.15, -0.1) is 0 Å². The van der Waals surface area contributed by atoms with E-state index in [1.54, 1.807) is 7.11 Å². The van der Waals surface area contributed by atoms with Crippen molar-refractivity contribution in [3.05, 3.63) is 65.7 Å². The average molecular weight is 295 g/mol. The second-order valence-electron chi connectivity index (χ2n) is 5.75. The van der Waals surface area contributed by atoms with Gasteiger partial charge in [-0.3, -0.25) is 4.79 Å². The summed E-state index contributed by atoms with van der Waals surface area (Å²) in [6, 6.07) is 18.3. The molecule has 1 aliphatic rings. The Kier molecular flexibility index (Phi) is 4.42. The van der Waals surface area contributed by atoms with Crippen molar-refractivity contribution >= 4 is 5.91 Å². The summed E-state index contributed by atoms with van der Waals surface area (Å²) in [5.41, 5.74) is 2.48. The molecule has 3 rings (SSSR count). The number of rotatable bonds is 6. The van der Waals surface area contributed by atoms with Crippen LogP contribution in [0.1, 0.15) is 23.5 Å². The molecule has 1 aliphatic carbocycles. The molecule has 1 N–H and O–H groups in total. The van der Waals surface area contributed by atoms with Crippen LogP contribution < -0.4 is 10.1 Å². The molecule has 114 valence electrons. The zero-order valence-electron chi connectivity index (χ0n) is 12.8. The minimum atomic E-state index is 0.129. The normalized spacial score (nSPS) is 19.5. The third-order valence-corrected chi connectivity index (χ3v) is 4.23. The number of methoxy groups -OCH3 is 1. The standard InChI is InChI=1S/C19H21NO2/c1-22-16-9-7-15(8-10-16)17-13-18(17)19(21)20-12-11-14-5-3-2-4-6-14/h2-10,17-18H,11-13H2,1H3,(H,20,21). The van der Waals surface area contributed by atoms with E-state index in [1.807, 2.05) is 30.3 Å². The second-order valence-corrected chi connectivity index (χ2v) is 5.75. The van der Waals surface area contributed by atoms with Crippen LogP contribution in [0.4, 0.5) is 0 Å². The number of amides is 1. The lowest BCUT2D eigenvalue weighted by Crippen LogP contribution is -2.27. The summed E-state index contributed by atoms with van der Waals surface area (Å²) in [6.45, 7) is 0.703. The Balaban J connectivity index is 1.46. The Morgan fingerprint density at radius 2 is 1.86 bits per heavy atom. The maximum absolute atomic E-state index is 12.2. The number of benzene rings is 2. The third kappa shape index (κ3) is 3.48. The molecule has 1 amide bonds. The number of ether oxygens (including phenoxy) is 1. The summed E-state index contributed by atoms with van der Waals surface area (Å²) < 4.78 is 5.16. The van der Waals surface area contributed by atoms with Gasteiger partial charge in [0.25, 0.3) is 0 Å². The highest BCUT2D eigenvalue weighted by Gasteiger charge is 2.43. The van der Waals surface area contributed by atoms with E-state index in [0.717, 1.165) is 18.6 Å². The number of hydrogen-bond acceptors (Lipinski definition) is 2. The number of nitrogens with one attached hydrogen (secondary N) is 1. The van der Waals surface area contributed by atoms with Crippen LogP contribution in [0, 0.1) is 5.92 Å². The highest BCUT2D eigenvalue weighted by Crippen LogP contribution is 2.47. The van der Waals surface area contributed by atoms with Crippen molar-refractivity contribution in [3.8, 4) is 5.75 Å². The maximum atomic E-state index is 12.2. The summed E-state index contributed by atoms with van der Waals surface area (Å²) in [5, 5.41) is 3.05. The SMILES string of the molecule is COc1ccc(C2CC2C(=O)NCCc2ccccc2)cc1. The lowest BCUT2D eigenvalue weighted by molar-refractivity contribution is -0.122. The zero-order valence-corrected chi connectivity index (χ0v) is 12.8. The van der Waals surface area contributed by atoms with E-state index in [2.05, 4.69) is 29.6 Å². The Morgan fingerprint density at radius 3 is 2.55 bits per heavy atom. The van der Waals surface area contributed by atoms with Crippen molar-refractivity contribution in [2.24, 2.45) is 5.92 Å². The van der Waals surface area contributed by atoms with Crippen LogP contribution >= 0.6 is 0 Å². The highest BCUT2D eigenvalue weighted by atomic mass is 16.5. The molecule has 0 heterocycles. The van der Waals surface area contributed by atoms with Crippen molar-refractivity contribution in [2.75, 3.05) is 13.7 Å². The molecular formula is C19H21NO2. The molecule has 0 spiro atoms. The molecule has 22 heavy (non-hydrogen) atoms. The van der Waals surface area contributed by atoms with Crippen molar-refractivity contribution < 1.29 is 9.53 Å². The van der Waals surface area contributed by atoms with Crippen molar-refractivity contribution in [3.63, 3.8) is 0 Å². The Bertz CT molecular complexity index is 622. The topological polar surface area (TPSA) is 38.3 Å². The molecule has 3 nitrogen and oxygen atoms in total. The Labute approximate surface area is 131 Å². The van der Waals surface area contributed by atoms with Crippen LogP contribution in [0.2, 0.25) is 0 Å². The van der Waals surface area contributed by atoms with Crippen LogP contribution in [0.15, 0.2) is 54.6 Å². The van der Waals surface area contributed by atoms with Crippen LogP contribution in [-0.4, -0.2) is 19.6 Å². The third-order valence-electron chi connectivity index (χ3n) is 4.23. The van der Waals surface area contributed by atoms with Gasteiger partial charge in [0.05, 0.1) is 7.11 Å². The van der Waals surface area contributed by atoms with Gasteiger partial charge in [0.2, 0.25) is 5.91 Å². The summed E-state index contributed by atoms with van der Waals surface area (Å²) in [7, 11) is 1.66. The van der Waals surface area contributed by atoms with Gasteiger partial charge in [-0.1, -0.05) is 42.5 Å². The molecule has 0 bridgehead atoms. The largest absolute Gasteiger partial charge is 0.497 e. The average Bonchev–Trinajstić information content (AvgIpc) is 3.37. The zero-order chi connectivity index (χ0) is 15.4. The molecule has 0 saturated heterocycles. The lowest BCUT2D eigenvalue weighted by atomic mass is 10.1. The molecular weight excluding hydrogens is 274 g/mol. The molecule has 1 saturated carbocycles. The fourth-order valence-corrected chi connectivity index (χ4v) is 2.81. The first-order valence-electron chi connectivity index (χ1n) is 7.73. The van der Waals surface area contributed by atoms with Crippen molar-refractivity contribution in [1.82, 2.24) is 5.32 Å². The first kappa shape index (κ1) is 14.6. The van der Waals surface area contributed by atoms with Gasteiger partial charge in [0, 0.05) is 12.5 Å². The minimum Gasteiger partial charge on any atom is -0.497 e. The summed E-state index contributed by atoms with van der Waals surface area (Å²) in [4.78, 5) is 12.2. The van der Waals surface area contributed by atoms with Gasteiger partial charge in [-0.2, -0.15) is 0 Å². The molecule has 3 heteroatoms. The van der Waals surface area contributed by atoms with Gasteiger partial charge in [0.1, 0.15) is 5.75 Å². The van der Waals surface area contributed by atoms with Crippen molar-refractivity contribution in [2.45, 2.75) is 18.8 Å². The van der Waals surface area contributed by atoms with Gasteiger partial charge < -0.3 is 10.1 Å². The highest BCUT2D eigenvalue weighted by molar-refractivity contribution is 5.82. The molecule has 0 aliphatic heterocycles. The molecule has 0 radical (unpaired) electrons. The fourth-order valence-electron chi connectivity index (χ4n) is 2.81. The Hall–Kier alpha value is -2.29. The first-order valence-corrected chi connectivity index (χ1v) is 7.73. The van der Waals surface area contributed by atoms with E-state index in [9.17, 15) is 4.79 Å². The van der Waals surface area contributed by atoms with Gasteiger partial charge in [-0.05, 0) is 42.0 Å². The predicted molar refractivity (Wildman–Crippen MR) is 87.0 cm³/mol. The molecule has 2 aromatic carbocycles. The fraction of sp³-hybridized carbons (Fsp3) is 0.316. The van der Waals surface area contributed by atoms with E-state index < -0.39 is 0 Å². The minimum absolute atomic E-state index is 0.129.